The molecule has 0 aromatic carbocycles. The lowest BCUT2D eigenvalue weighted by molar-refractivity contribution is -0.142. The van der Waals surface area contributed by atoms with E-state index < -0.39 is 12.7 Å². The van der Waals surface area contributed by atoms with E-state index in [0.717, 1.165) is 23.2 Å². The lowest BCUT2D eigenvalue weighted by Crippen LogP contribution is -2.18. The average Bonchev–Trinajstić information content (AvgIpc) is 2.73. The molecule has 19 heavy (non-hydrogen) atoms. The highest BCUT2D eigenvalue weighted by atomic mass is 19.4. The van der Waals surface area contributed by atoms with Crippen LogP contribution >= 0.6 is 0 Å². The highest BCUT2D eigenvalue weighted by molar-refractivity contribution is 5.03. The van der Waals surface area contributed by atoms with Crippen LogP contribution in [0.5, 0.6) is 0 Å². The molecule has 0 atom stereocenters. The van der Waals surface area contributed by atoms with Crippen LogP contribution in [0.3, 0.4) is 0 Å². The first-order valence-electron chi connectivity index (χ1n) is 6.80. The Bertz CT molecular complexity index is 347. The number of aromatic nitrogens is 2. The number of rotatable bonds is 9. The third-order valence-electron chi connectivity index (χ3n) is 2.81. The molecule has 0 saturated carbocycles. The molecule has 0 radical (unpaired) electrons. The van der Waals surface area contributed by atoms with Crippen molar-refractivity contribution in [1.82, 2.24) is 15.1 Å². The van der Waals surface area contributed by atoms with Gasteiger partial charge in [-0.25, -0.2) is 0 Å². The summed E-state index contributed by atoms with van der Waals surface area (Å²) < 4.78 is 37.3. The molecule has 0 bridgehead atoms. The van der Waals surface area contributed by atoms with E-state index in [2.05, 4.69) is 17.3 Å². The summed E-state index contributed by atoms with van der Waals surface area (Å²) in [6.45, 7) is 2.63. The molecule has 1 aromatic heterocycles. The number of nitrogens with one attached hydrogen (secondary N) is 1. The van der Waals surface area contributed by atoms with Crippen molar-refractivity contribution >= 4 is 0 Å². The molecule has 0 spiro atoms. The Balaban J connectivity index is 2.13. The molecule has 110 valence electrons. The van der Waals surface area contributed by atoms with Crippen LogP contribution in [0.1, 0.15) is 44.6 Å². The van der Waals surface area contributed by atoms with Crippen molar-refractivity contribution in [2.45, 2.75) is 58.3 Å². The van der Waals surface area contributed by atoms with Gasteiger partial charge in [-0.15, -0.1) is 0 Å². The molecular formula is C13H22F3N3. The fraction of sp³-hybridized carbons (Fsp3) is 0.769. The van der Waals surface area contributed by atoms with Crippen molar-refractivity contribution in [2.75, 3.05) is 6.54 Å². The van der Waals surface area contributed by atoms with Gasteiger partial charge in [0, 0.05) is 18.3 Å². The average molecular weight is 277 g/mol. The third kappa shape index (κ3) is 7.87. The van der Waals surface area contributed by atoms with E-state index in [-0.39, 0.29) is 0 Å². The van der Waals surface area contributed by atoms with Crippen LogP contribution in [0, 0.1) is 0 Å². The predicted molar refractivity (Wildman–Crippen MR) is 68.7 cm³/mol. The smallest absolute Gasteiger partial charge is 0.313 e. The Morgan fingerprint density at radius 3 is 2.63 bits per heavy atom. The summed E-state index contributed by atoms with van der Waals surface area (Å²) in [5.74, 6) is 0. The van der Waals surface area contributed by atoms with E-state index in [9.17, 15) is 13.2 Å². The Labute approximate surface area is 112 Å². The minimum atomic E-state index is -4.21. The van der Waals surface area contributed by atoms with Crippen LogP contribution in [0.25, 0.3) is 0 Å². The minimum absolute atomic E-state index is 0.575. The number of hydrogen-bond donors (Lipinski definition) is 1. The van der Waals surface area contributed by atoms with Crippen LogP contribution in [-0.2, 0) is 13.1 Å². The molecule has 0 saturated heterocycles. The van der Waals surface area contributed by atoms with Gasteiger partial charge in [-0.2, -0.15) is 18.3 Å². The molecule has 0 aliphatic heterocycles. The number of halogens is 3. The van der Waals surface area contributed by atoms with Gasteiger partial charge in [-0.05, 0) is 13.0 Å². The molecule has 0 aliphatic carbocycles. The van der Waals surface area contributed by atoms with Crippen molar-refractivity contribution < 1.29 is 13.2 Å². The lowest BCUT2D eigenvalue weighted by atomic mass is 10.1. The maximum atomic E-state index is 12.1. The van der Waals surface area contributed by atoms with E-state index in [4.69, 9.17) is 0 Å². The van der Waals surface area contributed by atoms with Crippen LogP contribution in [0.2, 0.25) is 0 Å². The molecule has 0 unspecified atom stereocenters. The first kappa shape index (κ1) is 16.0. The summed E-state index contributed by atoms with van der Waals surface area (Å²) in [5.41, 5.74) is 0.790. The second-order valence-corrected chi connectivity index (χ2v) is 4.75. The van der Waals surface area contributed by atoms with Gasteiger partial charge >= 0.3 is 6.18 Å². The van der Waals surface area contributed by atoms with Crippen LogP contribution < -0.4 is 5.32 Å². The van der Waals surface area contributed by atoms with Gasteiger partial charge in [0.2, 0.25) is 0 Å². The van der Waals surface area contributed by atoms with E-state index >= 15 is 0 Å². The summed E-state index contributed by atoms with van der Waals surface area (Å²) >= 11 is 0. The fourth-order valence-electron chi connectivity index (χ4n) is 1.85. The maximum Gasteiger partial charge on any atom is 0.408 e. The number of hydrogen-bond acceptors (Lipinski definition) is 2. The zero-order chi connectivity index (χ0) is 14.1. The Morgan fingerprint density at radius 1 is 1.21 bits per heavy atom. The topological polar surface area (TPSA) is 29.9 Å². The summed E-state index contributed by atoms with van der Waals surface area (Å²) in [7, 11) is 0. The molecule has 1 N–H and O–H groups in total. The van der Waals surface area contributed by atoms with Crippen molar-refractivity contribution in [1.29, 1.82) is 0 Å². The second kappa shape index (κ2) is 8.19. The van der Waals surface area contributed by atoms with Crippen LogP contribution in [-0.4, -0.2) is 22.5 Å². The summed E-state index contributed by atoms with van der Waals surface area (Å²) in [4.78, 5) is 0. The molecule has 1 heterocycles. The largest absolute Gasteiger partial charge is 0.408 e. The standard InChI is InChI=1S/C13H22F3N3/c1-2-3-4-5-6-7-17-8-12-9-18-19(10-12)11-13(14,15)16/h9-10,17H,2-8,11H2,1H3. The molecule has 0 amide bonds. The van der Waals surface area contributed by atoms with E-state index in [0.29, 0.717) is 6.54 Å². The van der Waals surface area contributed by atoms with Crippen molar-refractivity contribution in [3.63, 3.8) is 0 Å². The van der Waals surface area contributed by atoms with Gasteiger partial charge in [0.15, 0.2) is 0 Å². The number of alkyl halides is 3. The highest BCUT2D eigenvalue weighted by Crippen LogP contribution is 2.17. The van der Waals surface area contributed by atoms with E-state index in [1.54, 1.807) is 0 Å². The maximum absolute atomic E-state index is 12.1. The van der Waals surface area contributed by atoms with Gasteiger partial charge in [0.05, 0.1) is 6.20 Å². The normalized spacial score (nSPS) is 12.0. The Kier molecular flexibility index (Phi) is 6.91. The SMILES string of the molecule is CCCCCCCNCc1cnn(CC(F)(F)F)c1. The molecule has 3 nitrogen and oxygen atoms in total. The van der Waals surface area contributed by atoms with Crippen LogP contribution in [0.4, 0.5) is 13.2 Å². The predicted octanol–water partition coefficient (Wildman–Crippen LogP) is 3.51. The number of unbranched alkanes of at least 4 members (excludes halogenated alkanes) is 4. The van der Waals surface area contributed by atoms with Crippen molar-refractivity contribution in [3.8, 4) is 0 Å². The highest BCUT2D eigenvalue weighted by Gasteiger charge is 2.28. The first-order chi connectivity index (χ1) is 9.01. The molecule has 1 rings (SSSR count). The molecule has 1 aromatic rings. The summed E-state index contributed by atoms with van der Waals surface area (Å²) in [6, 6.07) is 0. The zero-order valence-corrected chi connectivity index (χ0v) is 11.3. The zero-order valence-electron chi connectivity index (χ0n) is 11.3. The first-order valence-corrected chi connectivity index (χ1v) is 6.80. The monoisotopic (exact) mass is 277 g/mol. The van der Waals surface area contributed by atoms with Crippen molar-refractivity contribution in [2.24, 2.45) is 0 Å². The van der Waals surface area contributed by atoms with Crippen LogP contribution in [0.15, 0.2) is 12.4 Å². The minimum Gasteiger partial charge on any atom is -0.313 e. The summed E-state index contributed by atoms with van der Waals surface area (Å²) in [5, 5.41) is 6.92. The second-order valence-electron chi connectivity index (χ2n) is 4.75. The Morgan fingerprint density at radius 2 is 1.95 bits per heavy atom. The summed E-state index contributed by atoms with van der Waals surface area (Å²) in [6.07, 6.45) is 4.77. The van der Waals surface area contributed by atoms with Gasteiger partial charge < -0.3 is 5.32 Å². The van der Waals surface area contributed by atoms with E-state index in [1.807, 2.05) is 0 Å². The number of nitrogens with zero attached hydrogens (tertiary/aromatic N) is 2. The lowest BCUT2D eigenvalue weighted by Gasteiger charge is -2.05. The molecule has 6 heteroatoms. The molecular weight excluding hydrogens is 255 g/mol. The van der Waals surface area contributed by atoms with Crippen molar-refractivity contribution in [3.05, 3.63) is 18.0 Å². The van der Waals surface area contributed by atoms with Gasteiger partial charge in [-0.1, -0.05) is 32.6 Å². The Hall–Kier alpha value is -1.04. The quantitative estimate of drug-likeness (QED) is 0.700. The van der Waals surface area contributed by atoms with Gasteiger partial charge in [0.25, 0.3) is 0 Å². The van der Waals surface area contributed by atoms with Gasteiger partial charge in [-0.3, -0.25) is 4.68 Å². The fourth-order valence-corrected chi connectivity index (χ4v) is 1.85. The van der Waals surface area contributed by atoms with E-state index in [1.165, 1.54) is 38.1 Å². The molecule has 0 aliphatic rings. The molecule has 0 fully saturated rings. The third-order valence-corrected chi connectivity index (χ3v) is 2.81. The van der Waals surface area contributed by atoms with Gasteiger partial charge in [0.1, 0.15) is 6.54 Å².